The zero-order valence-corrected chi connectivity index (χ0v) is 40.5. The molecule has 2 atom stereocenters. The molecule has 1 aromatic rings. The fourth-order valence-corrected chi connectivity index (χ4v) is 7.56. The van der Waals surface area contributed by atoms with Gasteiger partial charge in [-0.2, -0.15) is 0 Å². The topological polar surface area (TPSA) is 122 Å². The van der Waals surface area contributed by atoms with Crippen LogP contribution in [-0.2, 0) is 33.4 Å². The molecule has 1 rings (SSSR count). The van der Waals surface area contributed by atoms with E-state index >= 15 is 0 Å². The predicted molar refractivity (Wildman–Crippen MR) is 256 cm³/mol. The molecular formula is C54H88O9. The molecular weight excluding hydrogens is 793 g/mol. The Hall–Kier alpha value is -3.75. The maximum atomic E-state index is 13.0. The number of ether oxygens (including phenoxy) is 4. The van der Waals surface area contributed by atoms with Crippen molar-refractivity contribution in [2.75, 3.05) is 13.2 Å². The minimum absolute atomic E-state index is 0.0377. The molecule has 0 saturated heterocycles. The molecule has 63 heavy (non-hydrogen) atoms. The molecule has 0 aliphatic rings. The Morgan fingerprint density at radius 2 is 0.873 bits per heavy atom. The minimum atomic E-state index is -0.964. The molecule has 0 amide bonds. The van der Waals surface area contributed by atoms with E-state index < -0.39 is 24.0 Å². The van der Waals surface area contributed by atoms with Gasteiger partial charge in [-0.05, 0) is 107 Å². The summed E-state index contributed by atoms with van der Waals surface area (Å²) in [4.78, 5) is 62.3. The molecule has 0 radical (unpaired) electrons. The van der Waals surface area contributed by atoms with Gasteiger partial charge in [-0.15, -0.1) is 0 Å². The van der Waals surface area contributed by atoms with Crippen LogP contribution in [0.5, 0.6) is 5.75 Å². The summed E-state index contributed by atoms with van der Waals surface area (Å²) >= 11 is 0. The van der Waals surface area contributed by atoms with Crippen molar-refractivity contribution < 1.29 is 42.9 Å². The number of hydrogen-bond acceptors (Lipinski definition) is 9. The highest BCUT2D eigenvalue weighted by Crippen LogP contribution is 2.26. The summed E-state index contributed by atoms with van der Waals surface area (Å²) in [5, 5.41) is 0. The van der Waals surface area contributed by atoms with Gasteiger partial charge < -0.3 is 18.9 Å². The van der Waals surface area contributed by atoms with Crippen molar-refractivity contribution in [1.82, 2.24) is 0 Å². The van der Waals surface area contributed by atoms with Gasteiger partial charge in [-0.25, -0.2) is 0 Å². The van der Waals surface area contributed by atoms with Gasteiger partial charge in [-0.1, -0.05) is 148 Å². The smallest absolute Gasteiger partial charge is 0.311 e. The Morgan fingerprint density at radius 1 is 0.508 bits per heavy atom. The third-order valence-electron chi connectivity index (χ3n) is 11.3. The van der Waals surface area contributed by atoms with Crippen LogP contribution in [0.15, 0.2) is 36.4 Å². The summed E-state index contributed by atoms with van der Waals surface area (Å²) in [7, 11) is 0. The van der Waals surface area contributed by atoms with Crippen LogP contribution < -0.4 is 4.74 Å². The number of carbonyl (C=O) groups excluding carboxylic acids is 5. The second-order valence-corrected chi connectivity index (χ2v) is 17.7. The van der Waals surface area contributed by atoms with Crippen LogP contribution in [0.3, 0.4) is 0 Å². The molecule has 0 aromatic heterocycles. The summed E-state index contributed by atoms with van der Waals surface area (Å²) in [6.07, 6.45) is 39.8. The Kier molecular flexibility index (Phi) is 36.2. The van der Waals surface area contributed by atoms with E-state index in [1.807, 2.05) is 0 Å². The van der Waals surface area contributed by atoms with E-state index in [-0.39, 0.29) is 50.8 Å². The second-order valence-electron chi connectivity index (χ2n) is 17.7. The lowest BCUT2D eigenvalue weighted by Crippen LogP contribution is -2.31. The predicted octanol–water partition coefficient (Wildman–Crippen LogP) is 14.5. The van der Waals surface area contributed by atoms with Crippen molar-refractivity contribution in [1.29, 1.82) is 0 Å². The van der Waals surface area contributed by atoms with Crippen molar-refractivity contribution in [2.45, 2.75) is 233 Å². The Morgan fingerprint density at radius 3 is 1.27 bits per heavy atom. The first-order valence-corrected chi connectivity index (χ1v) is 25.2. The molecule has 0 spiro atoms. The van der Waals surface area contributed by atoms with Gasteiger partial charge in [-0.3, -0.25) is 24.0 Å². The summed E-state index contributed by atoms with van der Waals surface area (Å²) < 4.78 is 22.3. The van der Waals surface area contributed by atoms with Crippen LogP contribution in [0.1, 0.15) is 235 Å². The normalized spacial score (nSPS) is 12.4. The fraction of sp³-hybridized carbons (Fsp3) is 0.722. The summed E-state index contributed by atoms with van der Waals surface area (Å²) in [5.41, 5.74) is 1.83. The maximum absolute atomic E-state index is 13.0. The van der Waals surface area contributed by atoms with Crippen molar-refractivity contribution >= 4 is 30.2 Å². The first-order valence-electron chi connectivity index (χ1n) is 25.2. The molecule has 0 fully saturated rings. The van der Waals surface area contributed by atoms with Gasteiger partial charge in [0.1, 0.15) is 25.2 Å². The molecule has 0 bridgehead atoms. The molecule has 0 aliphatic heterocycles. The van der Waals surface area contributed by atoms with E-state index in [4.69, 9.17) is 18.9 Å². The third kappa shape index (κ3) is 33.4. The number of benzene rings is 1. The van der Waals surface area contributed by atoms with Gasteiger partial charge in [0.25, 0.3) is 0 Å². The molecule has 358 valence electrons. The molecule has 0 aliphatic carbocycles. The van der Waals surface area contributed by atoms with Crippen molar-refractivity contribution in [2.24, 2.45) is 5.92 Å². The van der Waals surface area contributed by atoms with E-state index in [0.717, 1.165) is 83.3 Å². The van der Waals surface area contributed by atoms with E-state index in [1.54, 1.807) is 32.9 Å². The average Bonchev–Trinajstić information content (AvgIpc) is 3.25. The van der Waals surface area contributed by atoms with Gasteiger partial charge in [0.15, 0.2) is 6.10 Å². The summed E-state index contributed by atoms with van der Waals surface area (Å²) in [6.45, 7) is 9.33. The maximum Gasteiger partial charge on any atom is 0.311 e. The number of carbonyl (C=O) groups is 5. The lowest BCUT2D eigenvalue weighted by Gasteiger charge is -2.19. The highest BCUT2D eigenvalue weighted by Gasteiger charge is 2.23. The van der Waals surface area contributed by atoms with Crippen molar-refractivity contribution in [3.05, 3.63) is 53.1 Å². The van der Waals surface area contributed by atoms with Crippen molar-refractivity contribution in [3.8, 4) is 5.75 Å². The van der Waals surface area contributed by atoms with Crippen LogP contribution in [0.4, 0.5) is 0 Å². The number of unbranched alkanes of at least 4 members (excludes halogenated alkanes) is 22. The van der Waals surface area contributed by atoms with E-state index in [2.05, 4.69) is 38.2 Å². The Bertz CT molecular complexity index is 1350. The largest absolute Gasteiger partial charge is 0.462 e. The molecule has 9 nitrogen and oxygen atoms in total. The molecule has 9 heteroatoms. The molecule has 0 N–H and O–H groups in total. The second kappa shape index (κ2) is 39.8. The molecule has 0 saturated carbocycles. The standard InChI is InChI=1S/C54H88O9/c1-6-8-10-12-14-16-18-20-22-24-26-28-30-32-34-36-50(56)60-43-49(44-61-51(57)37-35-33-31-29-27-25-23-21-19-17-15-13-11-9-7-2)62-52(58)38-45(3)39-53(59)63-54-46(4)40-48(42-55)41-47(54)5/h20-23,40-42,45,49H,6-19,24-39,43-44H2,1-5H3/b22-20-,23-21?. The number of aryl methyl sites for hydroxylation is 2. The average molecular weight is 881 g/mol. The van der Waals surface area contributed by atoms with Crippen molar-refractivity contribution in [3.63, 3.8) is 0 Å². The monoisotopic (exact) mass is 881 g/mol. The van der Waals surface area contributed by atoms with Gasteiger partial charge in [0.05, 0.1) is 0 Å². The van der Waals surface area contributed by atoms with Crippen LogP contribution >= 0.6 is 0 Å². The highest BCUT2D eigenvalue weighted by atomic mass is 16.6. The van der Waals surface area contributed by atoms with E-state index in [1.165, 1.54) is 89.9 Å². The number of allylic oxidation sites excluding steroid dienone is 4. The quantitative estimate of drug-likeness (QED) is 0.0158. The lowest BCUT2D eigenvalue weighted by molar-refractivity contribution is -0.167. The lowest BCUT2D eigenvalue weighted by atomic mass is 10.0. The van der Waals surface area contributed by atoms with Gasteiger partial charge in [0, 0.05) is 31.2 Å². The number of aldehydes is 1. The Balaban J connectivity index is 2.48. The molecule has 0 heterocycles. The molecule has 1 aromatic carbocycles. The van der Waals surface area contributed by atoms with Crippen LogP contribution in [-0.4, -0.2) is 49.5 Å². The van der Waals surface area contributed by atoms with Crippen LogP contribution in [0.2, 0.25) is 0 Å². The van der Waals surface area contributed by atoms with Crippen LogP contribution in [0, 0.1) is 19.8 Å². The number of hydrogen-bond donors (Lipinski definition) is 0. The van der Waals surface area contributed by atoms with E-state index in [0.29, 0.717) is 22.4 Å². The van der Waals surface area contributed by atoms with E-state index in [9.17, 15) is 24.0 Å². The molecule has 2 unspecified atom stereocenters. The third-order valence-corrected chi connectivity index (χ3v) is 11.3. The summed E-state index contributed by atoms with van der Waals surface area (Å²) in [5.74, 6) is -1.87. The Labute approximate surface area is 383 Å². The van der Waals surface area contributed by atoms with Gasteiger partial charge >= 0.3 is 23.9 Å². The SMILES string of the molecule is CCCCCCCCC=CCCCCCCCC(=O)OCC(COC(=O)CCCCCCC/C=C\CCCCCCCC)OC(=O)CC(C)CC(=O)Oc1c(C)cc(C=O)cc1C. The fourth-order valence-electron chi connectivity index (χ4n) is 7.56. The summed E-state index contributed by atoms with van der Waals surface area (Å²) in [6, 6.07) is 3.31. The zero-order chi connectivity index (χ0) is 46.2. The highest BCUT2D eigenvalue weighted by molar-refractivity contribution is 5.79. The first-order chi connectivity index (χ1) is 30.6. The number of rotatable bonds is 41. The number of esters is 4. The van der Waals surface area contributed by atoms with Gasteiger partial charge in [0.2, 0.25) is 0 Å². The van der Waals surface area contributed by atoms with Crippen LogP contribution in [0.25, 0.3) is 0 Å². The first kappa shape index (κ1) is 57.3. The zero-order valence-electron chi connectivity index (χ0n) is 40.5. The minimum Gasteiger partial charge on any atom is -0.462 e.